The smallest absolute Gasteiger partial charge is 0.361 e. The van der Waals surface area contributed by atoms with Gasteiger partial charge in [0.1, 0.15) is 17.8 Å². The summed E-state index contributed by atoms with van der Waals surface area (Å²) in [5, 5.41) is 6.27. The molecule has 3 aromatic rings. The lowest BCUT2D eigenvalue weighted by Gasteiger charge is -2.11. The number of carbonyl (C=O) groups is 2. The minimum absolute atomic E-state index is 0.0726. The molecule has 1 aromatic carbocycles. The fourth-order valence-electron chi connectivity index (χ4n) is 2.85. The number of ether oxygens (including phenoxy) is 1. The molecule has 1 N–H and O–H groups in total. The number of nitrogens with one attached hydrogen (secondary N) is 1. The van der Waals surface area contributed by atoms with Gasteiger partial charge in [-0.25, -0.2) is 4.79 Å². The predicted molar refractivity (Wildman–Crippen MR) is 101 cm³/mol. The number of nitrogens with zero attached hydrogens (tertiary/aromatic N) is 3. The van der Waals surface area contributed by atoms with Gasteiger partial charge in [0.15, 0.2) is 0 Å². The van der Waals surface area contributed by atoms with Crippen molar-refractivity contribution in [3.05, 3.63) is 51.2 Å². The quantitative estimate of drug-likeness (QED) is 0.670. The second-order valence-corrected chi connectivity index (χ2v) is 6.35. The van der Waals surface area contributed by atoms with Crippen molar-refractivity contribution in [3.8, 4) is 0 Å². The summed E-state index contributed by atoms with van der Waals surface area (Å²) in [5.74, 6) is -0.914. The van der Waals surface area contributed by atoms with Crippen molar-refractivity contribution in [1.82, 2.24) is 14.7 Å². The summed E-state index contributed by atoms with van der Waals surface area (Å²) >= 11 is 0. The Kier molecular flexibility index (Phi) is 5.25. The van der Waals surface area contributed by atoms with Gasteiger partial charge in [-0.3, -0.25) is 14.2 Å². The standard InChI is InChI=1S/C19H20N4O5/c1-5-27-19(26)16-15-17(28-22-16)20-12(4)23(18(15)25)9-14(24)21-13-7-6-10(2)8-11(13)3/h6-8H,5,9H2,1-4H3,(H,21,24). The molecule has 3 rings (SSSR count). The van der Waals surface area contributed by atoms with E-state index in [-0.39, 0.29) is 35.8 Å². The molecule has 2 heterocycles. The van der Waals surface area contributed by atoms with E-state index >= 15 is 0 Å². The summed E-state index contributed by atoms with van der Waals surface area (Å²) in [6.45, 7) is 6.91. The number of aromatic nitrogens is 3. The molecular formula is C19H20N4O5. The van der Waals surface area contributed by atoms with Crippen molar-refractivity contribution >= 4 is 28.7 Å². The third-order valence-corrected chi connectivity index (χ3v) is 4.21. The number of hydrogen-bond donors (Lipinski definition) is 1. The molecule has 28 heavy (non-hydrogen) atoms. The van der Waals surface area contributed by atoms with Gasteiger partial charge in [0.25, 0.3) is 11.3 Å². The Labute approximate surface area is 160 Å². The highest BCUT2D eigenvalue weighted by Gasteiger charge is 2.24. The monoisotopic (exact) mass is 384 g/mol. The number of anilines is 1. The fraction of sp³-hybridized carbons (Fsp3) is 0.316. The Hall–Kier alpha value is -3.49. The zero-order valence-electron chi connectivity index (χ0n) is 16.0. The summed E-state index contributed by atoms with van der Waals surface area (Å²) in [6, 6.07) is 5.64. The molecule has 2 aromatic heterocycles. The molecule has 0 saturated carbocycles. The van der Waals surface area contributed by atoms with E-state index in [0.717, 1.165) is 11.1 Å². The Morgan fingerprint density at radius 1 is 1.25 bits per heavy atom. The molecule has 0 radical (unpaired) electrons. The zero-order valence-corrected chi connectivity index (χ0v) is 16.0. The topological polar surface area (TPSA) is 116 Å². The number of rotatable bonds is 5. The Morgan fingerprint density at radius 2 is 2.00 bits per heavy atom. The van der Waals surface area contributed by atoms with Gasteiger partial charge in [-0.05, 0) is 39.3 Å². The average molecular weight is 384 g/mol. The first-order valence-corrected chi connectivity index (χ1v) is 8.72. The van der Waals surface area contributed by atoms with Crippen molar-refractivity contribution in [3.63, 3.8) is 0 Å². The maximum absolute atomic E-state index is 12.9. The van der Waals surface area contributed by atoms with Crippen LogP contribution in [0.4, 0.5) is 5.69 Å². The van der Waals surface area contributed by atoms with E-state index < -0.39 is 17.4 Å². The second kappa shape index (κ2) is 7.63. The molecule has 0 atom stereocenters. The largest absolute Gasteiger partial charge is 0.461 e. The normalized spacial score (nSPS) is 10.9. The first-order valence-electron chi connectivity index (χ1n) is 8.72. The SMILES string of the molecule is CCOC(=O)c1noc2nc(C)n(CC(=O)Nc3ccc(C)cc3C)c(=O)c12. The van der Waals surface area contributed by atoms with Gasteiger partial charge in [-0.2, -0.15) is 4.98 Å². The maximum Gasteiger partial charge on any atom is 0.361 e. The lowest BCUT2D eigenvalue weighted by molar-refractivity contribution is -0.116. The first kappa shape index (κ1) is 19.3. The molecule has 0 aliphatic heterocycles. The van der Waals surface area contributed by atoms with Crippen molar-refractivity contribution < 1.29 is 18.8 Å². The van der Waals surface area contributed by atoms with Crippen LogP contribution in [-0.2, 0) is 16.1 Å². The Morgan fingerprint density at radius 3 is 2.68 bits per heavy atom. The summed E-state index contributed by atoms with van der Waals surface area (Å²) in [4.78, 5) is 41.5. The fourth-order valence-corrected chi connectivity index (χ4v) is 2.85. The van der Waals surface area contributed by atoms with Crippen LogP contribution in [0.1, 0.15) is 34.4 Å². The molecule has 9 heteroatoms. The van der Waals surface area contributed by atoms with E-state index in [1.165, 1.54) is 4.57 Å². The van der Waals surface area contributed by atoms with E-state index in [1.807, 2.05) is 26.0 Å². The molecular weight excluding hydrogens is 364 g/mol. The minimum Gasteiger partial charge on any atom is -0.461 e. The summed E-state index contributed by atoms with van der Waals surface area (Å²) in [5.41, 5.74) is 1.73. The highest BCUT2D eigenvalue weighted by molar-refractivity contribution is 6.00. The van der Waals surface area contributed by atoms with Crippen LogP contribution in [0.2, 0.25) is 0 Å². The number of esters is 1. The number of aryl methyl sites for hydroxylation is 3. The minimum atomic E-state index is -0.782. The van der Waals surface area contributed by atoms with Crippen LogP contribution in [0.15, 0.2) is 27.5 Å². The number of amides is 1. The van der Waals surface area contributed by atoms with Gasteiger partial charge in [-0.1, -0.05) is 22.9 Å². The van der Waals surface area contributed by atoms with Crippen molar-refractivity contribution in [2.24, 2.45) is 0 Å². The first-order chi connectivity index (χ1) is 13.3. The van der Waals surface area contributed by atoms with E-state index in [2.05, 4.69) is 15.5 Å². The lowest BCUT2D eigenvalue weighted by atomic mass is 10.1. The van der Waals surface area contributed by atoms with Crippen molar-refractivity contribution in [2.75, 3.05) is 11.9 Å². The van der Waals surface area contributed by atoms with Crippen molar-refractivity contribution in [2.45, 2.75) is 34.2 Å². The number of fused-ring (bicyclic) bond motifs is 1. The molecule has 0 saturated heterocycles. The molecule has 0 aliphatic carbocycles. The van der Waals surface area contributed by atoms with Gasteiger partial charge in [0.05, 0.1) is 6.61 Å². The third kappa shape index (κ3) is 3.64. The van der Waals surface area contributed by atoms with E-state index in [1.54, 1.807) is 19.9 Å². The molecule has 0 unspecified atom stereocenters. The van der Waals surface area contributed by atoms with Gasteiger partial charge < -0.3 is 14.6 Å². The van der Waals surface area contributed by atoms with E-state index in [4.69, 9.17) is 9.26 Å². The van der Waals surface area contributed by atoms with Crippen LogP contribution in [-0.4, -0.2) is 33.2 Å². The van der Waals surface area contributed by atoms with Crippen LogP contribution >= 0.6 is 0 Å². The Bertz CT molecular complexity index is 1130. The maximum atomic E-state index is 12.9. The summed E-state index contributed by atoms with van der Waals surface area (Å²) in [7, 11) is 0. The summed E-state index contributed by atoms with van der Waals surface area (Å²) < 4.78 is 11.0. The van der Waals surface area contributed by atoms with E-state index in [0.29, 0.717) is 5.69 Å². The summed E-state index contributed by atoms with van der Waals surface area (Å²) in [6.07, 6.45) is 0. The van der Waals surface area contributed by atoms with Crippen LogP contribution in [0, 0.1) is 20.8 Å². The van der Waals surface area contributed by atoms with Crippen molar-refractivity contribution in [1.29, 1.82) is 0 Å². The van der Waals surface area contributed by atoms with Crippen LogP contribution < -0.4 is 10.9 Å². The second-order valence-electron chi connectivity index (χ2n) is 6.35. The van der Waals surface area contributed by atoms with E-state index in [9.17, 15) is 14.4 Å². The highest BCUT2D eigenvalue weighted by atomic mass is 16.5. The Balaban J connectivity index is 1.94. The molecule has 0 aliphatic rings. The molecule has 0 spiro atoms. The molecule has 0 fully saturated rings. The number of benzene rings is 1. The molecule has 146 valence electrons. The van der Waals surface area contributed by atoms with Gasteiger partial charge in [0, 0.05) is 5.69 Å². The number of hydrogen-bond acceptors (Lipinski definition) is 7. The number of carbonyl (C=O) groups excluding carboxylic acids is 2. The van der Waals surface area contributed by atoms with Gasteiger partial charge in [-0.15, -0.1) is 0 Å². The lowest BCUT2D eigenvalue weighted by Crippen LogP contribution is -2.30. The molecule has 1 amide bonds. The zero-order chi connectivity index (χ0) is 20.4. The predicted octanol–water partition coefficient (Wildman–Crippen LogP) is 2.13. The third-order valence-electron chi connectivity index (χ3n) is 4.21. The van der Waals surface area contributed by atoms with Gasteiger partial charge >= 0.3 is 5.97 Å². The highest BCUT2D eigenvalue weighted by Crippen LogP contribution is 2.17. The van der Waals surface area contributed by atoms with Gasteiger partial charge in [0.2, 0.25) is 11.6 Å². The molecule has 0 bridgehead atoms. The van der Waals surface area contributed by atoms with Crippen LogP contribution in [0.3, 0.4) is 0 Å². The average Bonchev–Trinajstić information content (AvgIpc) is 3.05. The molecule has 9 nitrogen and oxygen atoms in total. The van der Waals surface area contributed by atoms with Crippen LogP contribution in [0.5, 0.6) is 0 Å². The van der Waals surface area contributed by atoms with Crippen LogP contribution in [0.25, 0.3) is 11.1 Å².